The molecule has 2 nitrogen and oxygen atoms in total. The molecule has 0 aliphatic rings. The summed E-state index contributed by atoms with van der Waals surface area (Å²) >= 11 is 0. The van der Waals surface area contributed by atoms with Crippen LogP contribution < -0.4 is 10.1 Å². The van der Waals surface area contributed by atoms with Gasteiger partial charge in [0.1, 0.15) is 17.3 Å². The van der Waals surface area contributed by atoms with Crippen LogP contribution in [0, 0.1) is 19.7 Å². The summed E-state index contributed by atoms with van der Waals surface area (Å²) in [5.41, 5.74) is 3.09. The lowest BCUT2D eigenvalue weighted by Gasteiger charge is -2.15. The largest absolute Gasteiger partial charge is 0.457 e. The van der Waals surface area contributed by atoms with Gasteiger partial charge in [-0.3, -0.25) is 0 Å². The topological polar surface area (TPSA) is 21.3 Å². The number of rotatable bonds is 5. The average molecular weight is 287 g/mol. The first-order valence-corrected chi connectivity index (χ1v) is 7.22. The molecule has 0 atom stereocenters. The Balaban J connectivity index is 2.26. The van der Waals surface area contributed by atoms with Gasteiger partial charge in [0.05, 0.1) is 0 Å². The van der Waals surface area contributed by atoms with Gasteiger partial charge in [0, 0.05) is 18.2 Å². The van der Waals surface area contributed by atoms with E-state index < -0.39 is 0 Å². The number of hydrogen-bond acceptors (Lipinski definition) is 2. The number of halogens is 1. The monoisotopic (exact) mass is 287 g/mol. The Kier molecular flexibility index (Phi) is 4.97. The smallest absolute Gasteiger partial charge is 0.131 e. The molecule has 2 aromatic rings. The molecule has 3 heteroatoms. The van der Waals surface area contributed by atoms with E-state index in [4.69, 9.17) is 4.74 Å². The summed E-state index contributed by atoms with van der Waals surface area (Å²) in [7, 11) is 0. The third-order valence-electron chi connectivity index (χ3n) is 3.27. The van der Waals surface area contributed by atoms with Crippen LogP contribution >= 0.6 is 0 Å². The molecular weight excluding hydrogens is 265 g/mol. The molecule has 0 heterocycles. The average Bonchev–Trinajstić information content (AvgIpc) is 2.41. The van der Waals surface area contributed by atoms with Crippen LogP contribution in [0.5, 0.6) is 11.5 Å². The molecule has 0 bridgehead atoms. The normalized spacial score (nSPS) is 11.0. The summed E-state index contributed by atoms with van der Waals surface area (Å²) in [4.78, 5) is 0. The van der Waals surface area contributed by atoms with Crippen molar-refractivity contribution < 1.29 is 9.13 Å². The minimum absolute atomic E-state index is 0.245. The second-order valence-electron chi connectivity index (χ2n) is 5.66. The fourth-order valence-corrected chi connectivity index (χ4v) is 2.11. The molecule has 0 fully saturated rings. The molecular formula is C18H22FNO. The van der Waals surface area contributed by atoms with Crippen molar-refractivity contribution in [1.82, 2.24) is 5.32 Å². The van der Waals surface area contributed by atoms with Crippen molar-refractivity contribution in [3.63, 3.8) is 0 Å². The predicted octanol–water partition coefficient (Wildman–Crippen LogP) is 4.73. The van der Waals surface area contributed by atoms with E-state index in [0.717, 1.165) is 23.4 Å². The first-order chi connectivity index (χ1) is 9.95. The molecule has 112 valence electrons. The summed E-state index contributed by atoms with van der Waals surface area (Å²) in [6.07, 6.45) is 0. The molecule has 0 radical (unpaired) electrons. The third-order valence-corrected chi connectivity index (χ3v) is 3.27. The molecule has 21 heavy (non-hydrogen) atoms. The maximum Gasteiger partial charge on any atom is 0.131 e. The van der Waals surface area contributed by atoms with Gasteiger partial charge in [-0.2, -0.15) is 0 Å². The van der Waals surface area contributed by atoms with E-state index in [1.807, 2.05) is 19.1 Å². The third kappa shape index (κ3) is 4.30. The Hall–Kier alpha value is -1.87. The Bertz CT molecular complexity index is 623. The van der Waals surface area contributed by atoms with Crippen LogP contribution in [0.15, 0.2) is 36.4 Å². The second-order valence-corrected chi connectivity index (χ2v) is 5.66. The lowest BCUT2D eigenvalue weighted by molar-refractivity contribution is 0.464. The highest BCUT2D eigenvalue weighted by atomic mass is 19.1. The Morgan fingerprint density at radius 2 is 1.76 bits per heavy atom. The zero-order valence-corrected chi connectivity index (χ0v) is 13.0. The van der Waals surface area contributed by atoms with E-state index in [1.54, 1.807) is 6.07 Å². The summed E-state index contributed by atoms with van der Waals surface area (Å²) in [5.74, 6) is 1.25. The van der Waals surface area contributed by atoms with Crippen LogP contribution in [0.25, 0.3) is 0 Å². The van der Waals surface area contributed by atoms with Crippen molar-refractivity contribution >= 4 is 0 Å². The van der Waals surface area contributed by atoms with Gasteiger partial charge in [-0.05, 0) is 43.7 Å². The van der Waals surface area contributed by atoms with E-state index in [1.165, 1.54) is 17.7 Å². The van der Waals surface area contributed by atoms with Crippen molar-refractivity contribution in [3.8, 4) is 11.5 Å². The molecule has 1 N–H and O–H groups in total. The molecule has 0 amide bonds. The zero-order valence-electron chi connectivity index (χ0n) is 13.0. The molecule has 2 aromatic carbocycles. The van der Waals surface area contributed by atoms with Crippen molar-refractivity contribution in [2.24, 2.45) is 0 Å². The SMILES string of the molecule is Cc1ccc(Oc2ccc(F)cc2C)c(CNC(C)C)c1. The minimum Gasteiger partial charge on any atom is -0.457 e. The van der Waals surface area contributed by atoms with Crippen LogP contribution in [-0.4, -0.2) is 6.04 Å². The van der Waals surface area contributed by atoms with E-state index in [2.05, 4.69) is 32.2 Å². The van der Waals surface area contributed by atoms with Gasteiger partial charge in [-0.15, -0.1) is 0 Å². The quantitative estimate of drug-likeness (QED) is 0.858. The Morgan fingerprint density at radius 1 is 1.05 bits per heavy atom. The maximum absolute atomic E-state index is 13.2. The molecule has 0 aromatic heterocycles. The number of nitrogens with one attached hydrogen (secondary N) is 1. The number of aryl methyl sites for hydroxylation is 2. The standard InChI is InChI=1S/C18H22FNO/c1-12(2)20-11-15-9-13(3)5-7-18(15)21-17-8-6-16(19)10-14(17)4/h5-10,12,20H,11H2,1-4H3. The molecule has 0 aliphatic carbocycles. The number of hydrogen-bond donors (Lipinski definition) is 1. The highest BCUT2D eigenvalue weighted by Crippen LogP contribution is 2.29. The van der Waals surface area contributed by atoms with Crippen LogP contribution in [0.1, 0.15) is 30.5 Å². The van der Waals surface area contributed by atoms with Crippen molar-refractivity contribution in [2.75, 3.05) is 0 Å². The van der Waals surface area contributed by atoms with Gasteiger partial charge in [0.15, 0.2) is 0 Å². The van der Waals surface area contributed by atoms with Crippen LogP contribution in [0.3, 0.4) is 0 Å². The molecule has 2 rings (SSSR count). The minimum atomic E-state index is -0.245. The highest BCUT2D eigenvalue weighted by Gasteiger charge is 2.08. The fourth-order valence-electron chi connectivity index (χ4n) is 2.11. The number of ether oxygens (including phenoxy) is 1. The van der Waals surface area contributed by atoms with E-state index in [-0.39, 0.29) is 5.82 Å². The summed E-state index contributed by atoms with van der Waals surface area (Å²) in [6, 6.07) is 11.1. The van der Waals surface area contributed by atoms with Gasteiger partial charge in [-0.1, -0.05) is 31.5 Å². The summed E-state index contributed by atoms with van der Waals surface area (Å²) in [6.45, 7) is 8.88. The van der Waals surface area contributed by atoms with Crippen LogP contribution in [0.2, 0.25) is 0 Å². The van der Waals surface area contributed by atoms with E-state index in [9.17, 15) is 4.39 Å². The highest BCUT2D eigenvalue weighted by molar-refractivity contribution is 5.42. The molecule has 0 spiro atoms. The molecule has 0 saturated heterocycles. The van der Waals surface area contributed by atoms with Crippen molar-refractivity contribution in [1.29, 1.82) is 0 Å². The molecule has 0 unspecified atom stereocenters. The first-order valence-electron chi connectivity index (χ1n) is 7.22. The Labute approximate surface area is 126 Å². The first kappa shape index (κ1) is 15.5. The van der Waals surface area contributed by atoms with Gasteiger partial charge < -0.3 is 10.1 Å². The summed E-state index contributed by atoms with van der Waals surface area (Å²) < 4.78 is 19.1. The molecule has 0 aliphatic heterocycles. The lowest BCUT2D eigenvalue weighted by Crippen LogP contribution is -2.22. The zero-order chi connectivity index (χ0) is 15.4. The van der Waals surface area contributed by atoms with Crippen molar-refractivity contribution in [2.45, 2.75) is 40.3 Å². The van der Waals surface area contributed by atoms with Gasteiger partial charge >= 0.3 is 0 Å². The van der Waals surface area contributed by atoms with Crippen molar-refractivity contribution in [3.05, 3.63) is 58.9 Å². The van der Waals surface area contributed by atoms with Crippen LogP contribution in [-0.2, 0) is 6.54 Å². The van der Waals surface area contributed by atoms with Gasteiger partial charge in [0.2, 0.25) is 0 Å². The molecule has 0 saturated carbocycles. The maximum atomic E-state index is 13.2. The number of benzene rings is 2. The van der Waals surface area contributed by atoms with E-state index in [0.29, 0.717) is 11.8 Å². The van der Waals surface area contributed by atoms with Crippen LogP contribution in [0.4, 0.5) is 4.39 Å². The van der Waals surface area contributed by atoms with E-state index >= 15 is 0 Å². The predicted molar refractivity (Wildman–Crippen MR) is 84.4 cm³/mol. The fraction of sp³-hybridized carbons (Fsp3) is 0.333. The lowest BCUT2D eigenvalue weighted by atomic mass is 10.1. The van der Waals surface area contributed by atoms with Gasteiger partial charge in [0.25, 0.3) is 0 Å². The Morgan fingerprint density at radius 3 is 2.43 bits per heavy atom. The summed E-state index contributed by atoms with van der Waals surface area (Å²) in [5, 5.41) is 3.40. The van der Waals surface area contributed by atoms with Gasteiger partial charge in [-0.25, -0.2) is 4.39 Å². The second kappa shape index (κ2) is 6.72.